The van der Waals surface area contributed by atoms with Crippen LogP contribution in [0.3, 0.4) is 0 Å². The van der Waals surface area contributed by atoms with Crippen molar-refractivity contribution in [1.82, 2.24) is 5.32 Å². The minimum Gasteiger partial charge on any atom is -0.486 e. The molecule has 0 aliphatic heterocycles. The van der Waals surface area contributed by atoms with Crippen LogP contribution in [0.1, 0.15) is 48.5 Å². The van der Waals surface area contributed by atoms with Crippen molar-refractivity contribution in [2.75, 3.05) is 0 Å². The summed E-state index contributed by atoms with van der Waals surface area (Å²) < 4.78 is 16.6. The first kappa shape index (κ1) is 21.8. The van der Waals surface area contributed by atoms with Crippen LogP contribution in [0.5, 0.6) is 5.75 Å². The Hall–Kier alpha value is -2.24. The lowest BCUT2D eigenvalue weighted by Gasteiger charge is -2.29. The van der Waals surface area contributed by atoms with E-state index in [1.54, 1.807) is 34.6 Å². The number of carbonyl (C=O) groups is 2. The quantitative estimate of drug-likeness (QED) is 0.741. The molecule has 146 valence electrons. The largest absolute Gasteiger partial charge is 0.486 e. The third-order valence-corrected chi connectivity index (χ3v) is 3.52. The molecule has 0 heterocycles. The summed E-state index contributed by atoms with van der Waals surface area (Å²) in [5, 5.41) is 2.48. The molecule has 0 saturated heterocycles. The summed E-state index contributed by atoms with van der Waals surface area (Å²) in [5.41, 5.74) is -0.632. The number of nitrogens with one attached hydrogen (secondary N) is 1. The number of ether oxygens (including phenoxy) is 3. The van der Waals surface area contributed by atoms with E-state index in [1.165, 1.54) is 0 Å². The van der Waals surface area contributed by atoms with Gasteiger partial charge in [0, 0.05) is 0 Å². The minimum atomic E-state index is -0.822. The zero-order chi connectivity index (χ0) is 19.9. The molecule has 1 N–H and O–H groups in total. The van der Waals surface area contributed by atoms with Crippen LogP contribution in [0.2, 0.25) is 0 Å². The van der Waals surface area contributed by atoms with Crippen LogP contribution in [0.25, 0.3) is 0 Å². The van der Waals surface area contributed by atoms with Crippen molar-refractivity contribution in [2.24, 2.45) is 5.92 Å². The summed E-state index contributed by atoms with van der Waals surface area (Å²) in [4.78, 5) is 24.1. The highest BCUT2D eigenvalue weighted by Crippen LogP contribution is 2.19. The maximum Gasteiger partial charge on any atom is 0.408 e. The minimum absolute atomic E-state index is 0.132. The van der Waals surface area contributed by atoms with Gasteiger partial charge in [0.25, 0.3) is 0 Å². The summed E-state index contributed by atoms with van der Waals surface area (Å²) in [7, 11) is 0. The van der Waals surface area contributed by atoms with Crippen LogP contribution in [0.4, 0.5) is 4.79 Å². The topological polar surface area (TPSA) is 73.9 Å². The van der Waals surface area contributed by atoms with Gasteiger partial charge in [0.2, 0.25) is 0 Å². The number of carbonyl (C=O) groups excluding carboxylic acids is 2. The highest BCUT2D eigenvalue weighted by atomic mass is 16.6. The van der Waals surface area contributed by atoms with Gasteiger partial charge in [0.1, 0.15) is 29.6 Å². The maximum absolute atomic E-state index is 12.3. The first-order chi connectivity index (χ1) is 12.0. The Labute approximate surface area is 156 Å². The second-order valence-electron chi connectivity index (χ2n) is 7.65. The molecule has 0 fully saturated rings. The Bertz CT molecular complexity index is 580. The molecule has 1 aromatic rings. The molecule has 0 unspecified atom stereocenters. The molecule has 1 amide bonds. The predicted octanol–water partition coefficient (Wildman–Crippen LogP) is 3.93. The molecule has 0 aliphatic rings. The maximum atomic E-state index is 12.3. The third-order valence-electron chi connectivity index (χ3n) is 3.52. The molecule has 1 aromatic carbocycles. The standard InChI is InChI=1S/C20H31NO5/c1-13(2)17(25-16-11-9-8-10-12-16)15(4)24-18(22)14(3)21-19(23)26-20(5,6)7/h8-15,17H,1-7H3,(H,21,23)/t14-,15+,17+/m0/s1. The number of hydrogen-bond donors (Lipinski definition) is 1. The molecule has 3 atom stereocenters. The molecule has 26 heavy (non-hydrogen) atoms. The van der Waals surface area contributed by atoms with Crippen molar-refractivity contribution < 1.29 is 23.8 Å². The Kier molecular flexibility index (Phi) is 7.93. The van der Waals surface area contributed by atoms with Crippen molar-refractivity contribution in [3.05, 3.63) is 30.3 Å². The number of rotatable bonds is 7. The van der Waals surface area contributed by atoms with Crippen molar-refractivity contribution in [2.45, 2.75) is 72.3 Å². The highest BCUT2D eigenvalue weighted by Gasteiger charge is 2.29. The SMILES string of the molecule is CC(C)[C@@H](Oc1ccccc1)[C@@H](C)OC(=O)[C@H](C)NC(=O)OC(C)(C)C. The van der Waals surface area contributed by atoms with Gasteiger partial charge in [-0.25, -0.2) is 9.59 Å². The predicted molar refractivity (Wildman–Crippen MR) is 100 cm³/mol. The molecule has 6 nitrogen and oxygen atoms in total. The van der Waals surface area contributed by atoms with Gasteiger partial charge >= 0.3 is 12.1 Å². The van der Waals surface area contributed by atoms with E-state index in [9.17, 15) is 9.59 Å². The molecule has 0 bridgehead atoms. The van der Waals surface area contributed by atoms with E-state index < -0.39 is 29.8 Å². The zero-order valence-corrected chi connectivity index (χ0v) is 16.7. The van der Waals surface area contributed by atoms with E-state index in [4.69, 9.17) is 14.2 Å². The van der Waals surface area contributed by atoms with Gasteiger partial charge in [-0.2, -0.15) is 0 Å². The average molecular weight is 365 g/mol. The van der Waals surface area contributed by atoms with Gasteiger partial charge in [-0.05, 0) is 52.7 Å². The molecule has 6 heteroatoms. The number of para-hydroxylation sites is 1. The first-order valence-corrected chi connectivity index (χ1v) is 8.91. The number of alkyl carbamates (subject to hydrolysis) is 1. The van der Waals surface area contributed by atoms with E-state index in [0.717, 1.165) is 0 Å². The van der Waals surface area contributed by atoms with Crippen molar-refractivity contribution >= 4 is 12.1 Å². The lowest BCUT2D eigenvalue weighted by Crippen LogP contribution is -2.45. The zero-order valence-electron chi connectivity index (χ0n) is 16.7. The lowest BCUT2D eigenvalue weighted by atomic mass is 10.0. The Morgan fingerprint density at radius 1 is 1.00 bits per heavy atom. The van der Waals surface area contributed by atoms with Gasteiger partial charge in [-0.15, -0.1) is 0 Å². The van der Waals surface area contributed by atoms with Gasteiger partial charge in [0.05, 0.1) is 0 Å². The number of benzene rings is 1. The Morgan fingerprint density at radius 3 is 2.08 bits per heavy atom. The second-order valence-corrected chi connectivity index (χ2v) is 7.65. The number of esters is 1. The van der Waals surface area contributed by atoms with Gasteiger partial charge in [-0.1, -0.05) is 32.0 Å². The second kappa shape index (κ2) is 9.46. The summed E-state index contributed by atoms with van der Waals surface area (Å²) in [5.74, 6) is 0.312. The van der Waals surface area contributed by atoms with Crippen LogP contribution in [-0.4, -0.2) is 35.9 Å². The highest BCUT2D eigenvalue weighted by molar-refractivity contribution is 5.81. The van der Waals surface area contributed by atoms with Crippen LogP contribution < -0.4 is 10.1 Å². The van der Waals surface area contributed by atoms with Crippen LogP contribution in [-0.2, 0) is 14.3 Å². The Balaban J connectivity index is 2.63. The van der Waals surface area contributed by atoms with Gasteiger partial charge in [-0.3, -0.25) is 0 Å². The van der Waals surface area contributed by atoms with Crippen molar-refractivity contribution in [3.8, 4) is 5.75 Å². The lowest BCUT2D eigenvalue weighted by molar-refractivity contribution is -0.156. The van der Waals surface area contributed by atoms with Gasteiger partial charge in [0.15, 0.2) is 0 Å². The van der Waals surface area contributed by atoms with E-state index in [-0.39, 0.29) is 12.0 Å². The first-order valence-electron chi connectivity index (χ1n) is 8.91. The molecule has 0 radical (unpaired) electrons. The Morgan fingerprint density at radius 2 is 1.58 bits per heavy atom. The monoisotopic (exact) mass is 365 g/mol. The third kappa shape index (κ3) is 7.76. The van der Waals surface area contributed by atoms with Gasteiger partial charge < -0.3 is 19.5 Å². The molecule has 0 saturated carbocycles. The fourth-order valence-electron chi connectivity index (χ4n) is 2.33. The summed E-state index contributed by atoms with van der Waals surface area (Å²) in [6.07, 6.45) is -1.45. The molecule has 0 aliphatic carbocycles. The fourth-order valence-corrected chi connectivity index (χ4v) is 2.33. The molecule has 0 aromatic heterocycles. The smallest absolute Gasteiger partial charge is 0.408 e. The van der Waals surface area contributed by atoms with Crippen LogP contribution in [0, 0.1) is 5.92 Å². The van der Waals surface area contributed by atoms with E-state index in [2.05, 4.69) is 5.32 Å². The van der Waals surface area contributed by atoms with Crippen molar-refractivity contribution in [3.63, 3.8) is 0 Å². The molecule has 0 spiro atoms. The fraction of sp³-hybridized carbons (Fsp3) is 0.600. The van der Waals surface area contributed by atoms with E-state index in [1.807, 2.05) is 44.2 Å². The van der Waals surface area contributed by atoms with E-state index in [0.29, 0.717) is 5.75 Å². The summed E-state index contributed by atoms with van der Waals surface area (Å²) in [6.45, 7) is 12.6. The van der Waals surface area contributed by atoms with Crippen LogP contribution >= 0.6 is 0 Å². The van der Waals surface area contributed by atoms with E-state index >= 15 is 0 Å². The molecular weight excluding hydrogens is 334 g/mol. The normalized spacial score (nSPS) is 14.9. The number of hydrogen-bond acceptors (Lipinski definition) is 5. The van der Waals surface area contributed by atoms with Crippen LogP contribution in [0.15, 0.2) is 30.3 Å². The molecule has 1 rings (SSSR count). The molecular formula is C20H31NO5. The number of amides is 1. The average Bonchev–Trinajstić information content (AvgIpc) is 2.51. The summed E-state index contributed by atoms with van der Waals surface area (Å²) >= 11 is 0. The summed E-state index contributed by atoms with van der Waals surface area (Å²) in [6, 6.07) is 8.57. The van der Waals surface area contributed by atoms with Crippen molar-refractivity contribution in [1.29, 1.82) is 0 Å².